The Morgan fingerprint density at radius 1 is 0.542 bits per heavy atom. The molecule has 0 unspecified atom stereocenters. The summed E-state index contributed by atoms with van der Waals surface area (Å²) in [7, 11) is 0. The van der Waals surface area contributed by atoms with Crippen molar-refractivity contribution in [3.05, 3.63) is 0 Å². The minimum absolute atomic E-state index is 0.262. The van der Waals surface area contributed by atoms with Gasteiger partial charge in [-0.15, -0.1) is 0 Å². The second kappa shape index (κ2) is 12.6. The average Bonchev–Trinajstić information content (AvgIpc) is 2.45. The predicted molar refractivity (Wildman–Crippen MR) is 106 cm³/mol. The second-order valence-corrected chi connectivity index (χ2v) is 8.99. The van der Waals surface area contributed by atoms with Crippen LogP contribution < -0.4 is 0 Å². The van der Waals surface area contributed by atoms with Gasteiger partial charge in [-0.1, -0.05) is 55.4 Å². The molecular formula is C21H44N2O. The molecule has 0 aliphatic heterocycles. The van der Waals surface area contributed by atoms with Crippen LogP contribution in [0.3, 0.4) is 0 Å². The Hall–Kier alpha value is -0.730. The molecule has 0 radical (unpaired) electrons. The van der Waals surface area contributed by atoms with Crippen LogP contribution in [-0.4, -0.2) is 42.0 Å². The molecule has 0 aliphatic rings. The lowest BCUT2D eigenvalue weighted by atomic mass is 10.1. The molecule has 0 aromatic carbocycles. The summed E-state index contributed by atoms with van der Waals surface area (Å²) in [5.74, 6) is 2.55. The first-order chi connectivity index (χ1) is 11.1. The molecule has 0 saturated carbocycles. The highest BCUT2D eigenvalue weighted by molar-refractivity contribution is 5.74. The van der Waals surface area contributed by atoms with Gasteiger partial charge in [-0.2, -0.15) is 0 Å². The van der Waals surface area contributed by atoms with Gasteiger partial charge in [0.2, 0.25) is 0 Å². The van der Waals surface area contributed by atoms with Crippen LogP contribution in [0.5, 0.6) is 0 Å². The van der Waals surface area contributed by atoms with E-state index in [0.29, 0.717) is 23.7 Å². The number of urea groups is 1. The summed E-state index contributed by atoms with van der Waals surface area (Å²) < 4.78 is 0. The zero-order valence-corrected chi connectivity index (χ0v) is 17.8. The van der Waals surface area contributed by atoms with Crippen molar-refractivity contribution in [2.75, 3.05) is 26.2 Å². The number of hydrogen-bond acceptors (Lipinski definition) is 1. The van der Waals surface area contributed by atoms with E-state index in [1.54, 1.807) is 0 Å². The molecule has 0 heterocycles. The second-order valence-electron chi connectivity index (χ2n) is 8.99. The van der Waals surface area contributed by atoms with Gasteiger partial charge in [0, 0.05) is 26.2 Å². The molecule has 0 aliphatic carbocycles. The number of amides is 2. The molecule has 2 amide bonds. The van der Waals surface area contributed by atoms with Crippen molar-refractivity contribution in [2.24, 2.45) is 23.7 Å². The van der Waals surface area contributed by atoms with Crippen LogP contribution in [0.15, 0.2) is 0 Å². The molecular weight excluding hydrogens is 296 g/mol. The predicted octanol–water partition coefficient (Wildman–Crippen LogP) is 5.89. The molecule has 3 heteroatoms. The molecule has 0 aromatic heterocycles. The highest BCUT2D eigenvalue weighted by atomic mass is 16.2. The first-order valence-electron chi connectivity index (χ1n) is 10.2. The summed E-state index contributed by atoms with van der Waals surface area (Å²) in [6.45, 7) is 21.5. The number of carbonyl (C=O) groups is 1. The zero-order chi connectivity index (χ0) is 18.7. The largest absolute Gasteiger partial charge is 0.325 e. The smallest absolute Gasteiger partial charge is 0.319 e. The van der Waals surface area contributed by atoms with E-state index < -0.39 is 0 Å². The standard InChI is InChI=1S/C21H44N2O/c1-17(2)9-13-22(14-10-18(3)4)21(24)23(15-11-19(5)6)16-12-20(7)8/h17-20H,9-16H2,1-8H3. The third-order valence-corrected chi connectivity index (χ3v) is 4.45. The molecule has 0 saturated heterocycles. The Bertz CT molecular complexity index is 270. The third-order valence-electron chi connectivity index (χ3n) is 4.45. The van der Waals surface area contributed by atoms with E-state index in [0.717, 1.165) is 51.9 Å². The molecule has 0 rings (SSSR count). The van der Waals surface area contributed by atoms with Crippen LogP contribution in [0.2, 0.25) is 0 Å². The average molecular weight is 341 g/mol. The minimum Gasteiger partial charge on any atom is -0.325 e. The Labute approximate surface area is 152 Å². The molecule has 24 heavy (non-hydrogen) atoms. The van der Waals surface area contributed by atoms with Crippen molar-refractivity contribution >= 4 is 6.03 Å². The molecule has 0 fully saturated rings. The number of rotatable bonds is 12. The van der Waals surface area contributed by atoms with Crippen molar-refractivity contribution in [2.45, 2.75) is 81.1 Å². The molecule has 0 bridgehead atoms. The lowest BCUT2D eigenvalue weighted by Crippen LogP contribution is -2.45. The maximum Gasteiger partial charge on any atom is 0.319 e. The quantitative estimate of drug-likeness (QED) is 0.434. The van der Waals surface area contributed by atoms with E-state index in [2.05, 4.69) is 65.2 Å². The summed E-state index contributed by atoms with van der Waals surface area (Å²) in [4.78, 5) is 17.4. The summed E-state index contributed by atoms with van der Waals surface area (Å²) in [5.41, 5.74) is 0. The van der Waals surface area contributed by atoms with E-state index in [9.17, 15) is 4.79 Å². The highest BCUT2D eigenvalue weighted by Crippen LogP contribution is 2.13. The Morgan fingerprint density at radius 2 is 0.750 bits per heavy atom. The van der Waals surface area contributed by atoms with Crippen LogP contribution in [0, 0.1) is 23.7 Å². The zero-order valence-electron chi connectivity index (χ0n) is 17.8. The van der Waals surface area contributed by atoms with E-state index in [-0.39, 0.29) is 6.03 Å². The van der Waals surface area contributed by atoms with Crippen molar-refractivity contribution in [3.63, 3.8) is 0 Å². The van der Waals surface area contributed by atoms with Crippen molar-refractivity contribution in [3.8, 4) is 0 Å². The Morgan fingerprint density at radius 3 is 0.917 bits per heavy atom. The number of hydrogen-bond donors (Lipinski definition) is 0. The van der Waals surface area contributed by atoms with Crippen molar-refractivity contribution in [1.82, 2.24) is 9.80 Å². The van der Waals surface area contributed by atoms with Gasteiger partial charge in [-0.25, -0.2) is 4.79 Å². The highest BCUT2D eigenvalue weighted by Gasteiger charge is 2.21. The van der Waals surface area contributed by atoms with Gasteiger partial charge < -0.3 is 9.80 Å². The third kappa shape index (κ3) is 11.8. The molecule has 144 valence electrons. The van der Waals surface area contributed by atoms with Crippen LogP contribution in [0.1, 0.15) is 81.1 Å². The maximum absolute atomic E-state index is 13.1. The van der Waals surface area contributed by atoms with Gasteiger partial charge in [0.05, 0.1) is 0 Å². The fraction of sp³-hybridized carbons (Fsp3) is 0.952. The van der Waals surface area contributed by atoms with Gasteiger partial charge >= 0.3 is 6.03 Å². The van der Waals surface area contributed by atoms with Gasteiger partial charge in [0.1, 0.15) is 0 Å². The van der Waals surface area contributed by atoms with E-state index in [4.69, 9.17) is 0 Å². The van der Waals surface area contributed by atoms with Gasteiger partial charge in [0.25, 0.3) is 0 Å². The molecule has 0 aromatic rings. The normalized spacial score (nSPS) is 11.8. The fourth-order valence-corrected chi connectivity index (χ4v) is 2.46. The van der Waals surface area contributed by atoms with Crippen molar-refractivity contribution in [1.29, 1.82) is 0 Å². The van der Waals surface area contributed by atoms with Crippen LogP contribution in [0.25, 0.3) is 0 Å². The van der Waals surface area contributed by atoms with Crippen LogP contribution in [0.4, 0.5) is 4.79 Å². The summed E-state index contributed by atoms with van der Waals surface area (Å²) in [6, 6.07) is 0.262. The number of nitrogens with zero attached hydrogens (tertiary/aromatic N) is 2. The summed E-state index contributed by atoms with van der Waals surface area (Å²) in [6.07, 6.45) is 4.36. The van der Waals surface area contributed by atoms with Crippen molar-refractivity contribution < 1.29 is 4.79 Å². The van der Waals surface area contributed by atoms with Gasteiger partial charge in [0.15, 0.2) is 0 Å². The Balaban J connectivity index is 4.90. The van der Waals surface area contributed by atoms with E-state index in [1.807, 2.05) is 0 Å². The lowest BCUT2D eigenvalue weighted by molar-refractivity contribution is 0.143. The summed E-state index contributed by atoms with van der Waals surface area (Å²) >= 11 is 0. The van der Waals surface area contributed by atoms with Crippen LogP contribution in [-0.2, 0) is 0 Å². The van der Waals surface area contributed by atoms with Gasteiger partial charge in [-0.3, -0.25) is 0 Å². The molecule has 0 atom stereocenters. The lowest BCUT2D eigenvalue weighted by Gasteiger charge is -2.32. The maximum atomic E-state index is 13.1. The van der Waals surface area contributed by atoms with E-state index in [1.165, 1.54) is 0 Å². The topological polar surface area (TPSA) is 23.6 Å². The monoisotopic (exact) mass is 340 g/mol. The fourth-order valence-electron chi connectivity index (χ4n) is 2.46. The Kier molecular flexibility index (Phi) is 12.2. The number of carbonyl (C=O) groups excluding carboxylic acids is 1. The first-order valence-corrected chi connectivity index (χ1v) is 10.2. The minimum atomic E-state index is 0.262. The van der Waals surface area contributed by atoms with Crippen LogP contribution >= 0.6 is 0 Å². The van der Waals surface area contributed by atoms with Gasteiger partial charge in [-0.05, 0) is 49.4 Å². The molecule has 0 spiro atoms. The molecule has 3 nitrogen and oxygen atoms in total. The first kappa shape index (κ1) is 23.3. The molecule has 0 N–H and O–H groups in total. The SMILES string of the molecule is CC(C)CCN(CCC(C)C)C(=O)N(CCC(C)C)CCC(C)C. The summed E-state index contributed by atoms with van der Waals surface area (Å²) in [5, 5.41) is 0. The van der Waals surface area contributed by atoms with E-state index >= 15 is 0 Å².